The molecule has 138 valence electrons. The number of sulfonamides is 1. The zero-order valence-corrected chi connectivity index (χ0v) is 15.7. The minimum absolute atomic E-state index is 0.0588. The minimum atomic E-state index is -3.84. The normalized spacial score (nSPS) is 14.3. The Morgan fingerprint density at radius 1 is 1.23 bits per heavy atom. The average molecular weight is 397 g/mol. The van der Waals surface area contributed by atoms with E-state index >= 15 is 0 Å². The molecule has 0 saturated carbocycles. The fraction of sp³-hybridized carbons (Fsp3) is 0.235. The van der Waals surface area contributed by atoms with Crippen LogP contribution < -0.4 is 14.4 Å². The number of carbonyl (C=O) groups excluding carboxylic acids is 1. The van der Waals surface area contributed by atoms with Gasteiger partial charge in [-0.3, -0.25) is 9.62 Å². The molecule has 1 heterocycles. The zero-order chi connectivity index (χ0) is 18.9. The van der Waals surface area contributed by atoms with Crippen molar-refractivity contribution in [2.75, 3.05) is 29.9 Å². The van der Waals surface area contributed by atoms with Gasteiger partial charge in [-0.15, -0.1) is 0 Å². The van der Waals surface area contributed by atoms with Gasteiger partial charge >= 0.3 is 6.09 Å². The third kappa shape index (κ3) is 3.56. The van der Waals surface area contributed by atoms with Gasteiger partial charge in [-0.1, -0.05) is 11.6 Å². The van der Waals surface area contributed by atoms with Crippen molar-refractivity contribution in [3.63, 3.8) is 0 Å². The third-order valence-electron chi connectivity index (χ3n) is 3.94. The highest BCUT2D eigenvalue weighted by molar-refractivity contribution is 7.92. The maximum absolute atomic E-state index is 12.7. The summed E-state index contributed by atoms with van der Waals surface area (Å²) in [5.41, 5.74) is 1.58. The Kier molecular flexibility index (Phi) is 4.97. The van der Waals surface area contributed by atoms with Crippen LogP contribution in [0.15, 0.2) is 41.3 Å². The van der Waals surface area contributed by atoms with E-state index < -0.39 is 16.1 Å². The monoisotopic (exact) mass is 396 g/mol. The Labute approximate surface area is 156 Å². The van der Waals surface area contributed by atoms with E-state index in [9.17, 15) is 13.2 Å². The predicted molar refractivity (Wildman–Crippen MR) is 98.7 cm³/mol. The van der Waals surface area contributed by atoms with Crippen LogP contribution in [-0.2, 0) is 14.8 Å². The van der Waals surface area contributed by atoms with Gasteiger partial charge in [0.1, 0.15) is 12.4 Å². The van der Waals surface area contributed by atoms with Crippen molar-refractivity contribution in [1.29, 1.82) is 0 Å². The van der Waals surface area contributed by atoms with Gasteiger partial charge in [-0.2, -0.15) is 0 Å². The van der Waals surface area contributed by atoms with E-state index in [1.165, 1.54) is 24.1 Å². The van der Waals surface area contributed by atoms with Gasteiger partial charge in [0.2, 0.25) is 0 Å². The van der Waals surface area contributed by atoms with E-state index in [1.807, 2.05) is 0 Å². The molecule has 1 N–H and O–H groups in total. The Morgan fingerprint density at radius 2 is 1.92 bits per heavy atom. The number of methoxy groups -OCH3 is 1. The molecule has 0 bridgehead atoms. The number of ether oxygens (including phenoxy) is 2. The summed E-state index contributed by atoms with van der Waals surface area (Å²) in [6, 6.07) is 9.14. The SMILES string of the molecule is COc1cc(Cl)c(C)cc1NS(=O)(=O)c1ccc(N2CCOC2=O)cc1. The number of nitrogens with zero attached hydrogens (tertiary/aromatic N) is 1. The lowest BCUT2D eigenvalue weighted by Gasteiger charge is -2.15. The van der Waals surface area contributed by atoms with E-state index in [0.717, 1.165) is 0 Å². The smallest absolute Gasteiger partial charge is 0.414 e. The minimum Gasteiger partial charge on any atom is -0.495 e. The Morgan fingerprint density at radius 3 is 2.50 bits per heavy atom. The number of rotatable bonds is 5. The average Bonchev–Trinajstić information content (AvgIpc) is 3.04. The number of anilines is 2. The fourth-order valence-electron chi connectivity index (χ4n) is 2.55. The molecule has 1 aliphatic rings. The van der Waals surface area contributed by atoms with Gasteiger partial charge in [0, 0.05) is 16.8 Å². The Balaban J connectivity index is 1.87. The number of hydrogen-bond donors (Lipinski definition) is 1. The molecular formula is C17H17ClN2O5S. The quantitative estimate of drug-likeness (QED) is 0.837. The van der Waals surface area contributed by atoms with Gasteiger partial charge in [0.15, 0.2) is 0 Å². The molecule has 1 saturated heterocycles. The lowest BCUT2D eigenvalue weighted by molar-refractivity contribution is 0.181. The van der Waals surface area contributed by atoms with E-state index in [4.69, 9.17) is 21.1 Å². The number of cyclic esters (lactones) is 1. The summed E-state index contributed by atoms with van der Waals surface area (Å²) in [5, 5.41) is 0.478. The van der Waals surface area contributed by atoms with Crippen molar-refractivity contribution in [3.05, 3.63) is 47.0 Å². The second kappa shape index (κ2) is 7.05. The van der Waals surface area contributed by atoms with E-state index in [0.29, 0.717) is 40.9 Å². The van der Waals surface area contributed by atoms with Gasteiger partial charge < -0.3 is 9.47 Å². The molecule has 0 aliphatic carbocycles. The van der Waals surface area contributed by atoms with Crippen LogP contribution in [0, 0.1) is 6.92 Å². The molecule has 26 heavy (non-hydrogen) atoms. The first-order valence-electron chi connectivity index (χ1n) is 7.73. The maximum Gasteiger partial charge on any atom is 0.414 e. The van der Waals surface area contributed by atoms with Crippen LogP contribution in [0.5, 0.6) is 5.75 Å². The molecule has 1 amide bonds. The Hall–Kier alpha value is -2.45. The highest BCUT2D eigenvalue weighted by Crippen LogP contribution is 2.32. The molecule has 9 heteroatoms. The summed E-state index contributed by atoms with van der Waals surface area (Å²) in [6.07, 6.45) is -0.444. The van der Waals surface area contributed by atoms with E-state index in [1.54, 1.807) is 31.2 Å². The number of hydrogen-bond acceptors (Lipinski definition) is 5. The lowest BCUT2D eigenvalue weighted by atomic mass is 10.2. The van der Waals surface area contributed by atoms with Crippen molar-refractivity contribution in [3.8, 4) is 5.75 Å². The highest BCUT2D eigenvalue weighted by Gasteiger charge is 2.24. The first-order chi connectivity index (χ1) is 12.3. The summed E-state index contributed by atoms with van der Waals surface area (Å²) in [4.78, 5) is 13.1. The predicted octanol–water partition coefficient (Wildman–Crippen LogP) is 3.41. The van der Waals surface area contributed by atoms with Crippen molar-refractivity contribution in [2.24, 2.45) is 0 Å². The molecular weight excluding hydrogens is 380 g/mol. The lowest BCUT2D eigenvalue weighted by Crippen LogP contribution is -2.23. The molecule has 0 spiro atoms. The topological polar surface area (TPSA) is 84.9 Å². The molecule has 0 unspecified atom stereocenters. The molecule has 0 aromatic heterocycles. The molecule has 0 atom stereocenters. The molecule has 2 aromatic rings. The Bertz CT molecular complexity index is 944. The number of amides is 1. The number of halogens is 1. The first kappa shape index (κ1) is 18.3. The number of carbonyl (C=O) groups is 1. The van der Waals surface area contributed by atoms with Crippen LogP contribution in [0.2, 0.25) is 5.02 Å². The van der Waals surface area contributed by atoms with Crippen molar-refractivity contribution in [2.45, 2.75) is 11.8 Å². The molecule has 0 radical (unpaired) electrons. The molecule has 3 rings (SSSR count). The molecule has 2 aromatic carbocycles. The van der Waals surface area contributed by atoms with Gasteiger partial charge in [0.25, 0.3) is 10.0 Å². The summed E-state index contributed by atoms with van der Waals surface area (Å²) in [5.74, 6) is 0.320. The molecule has 1 aliphatic heterocycles. The highest BCUT2D eigenvalue weighted by atomic mass is 35.5. The summed E-state index contributed by atoms with van der Waals surface area (Å²) in [6.45, 7) is 2.52. The van der Waals surface area contributed by atoms with Gasteiger partial charge in [0.05, 0.1) is 24.2 Å². The van der Waals surface area contributed by atoms with Crippen LogP contribution in [0.25, 0.3) is 0 Å². The summed E-state index contributed by atoms with van der Waals surface area (Å²) in [7, 11) is -2.40. The number of benzene rings is 2. The van der Waals surface area contributed by atoms with Crippen LogP contribution in [0.3, 0.4) is 0 Å². The largest absolute Gasteiger partial charge is 0.495 e. The van der Waals surface area contributed by atoms with Gasteiger partial charge in [-0.25, -0.2) is 13.2 Å². The zero-order valence-electron chi connectivity index (χ0n) is 14.2. The van der Waals surface area contributed by atoms with Gasteiger partial charge in [-0.05, 0) is 42.8 Å². The third-order valence-corrected chi connectivity index (χ3v) is 5.73. The van der Waals surface area contributed by atoms with Crippen LogP contribution >= 0.6 is 11.6 Å². The number of aryl methyl sites for hydroxylation is 1. The number of nitrogens with one attached hydrogen (secondary N) is 1. The summed E-state index contributed by atoms with van der Waals surface area (Å²) < 4.78 is 37.9. The van der Waals surface area contributed by atoms with Crippen molar-refractivity contribution >= 4 is 39.1 Å². The fourth-order valence-corrected chi connectivity index (χ4v) is 3.76. The van der Waals surface area contributed by atoms with Crippen LogP contribution in [-0.4, -0.2) is 34.8 Å². The van der Waals surface area contributed by atoms with Crippen molar-refractivity contribution < 1.29 is 22.7 Å². The first-order valence-corrected chi connectivity index (χ1v) is 9.59. The maximum atomic E-state index is 12.7. The molecule has 7 nitrogen and oxygen atoms in total. The second-order valence-electron chi connectivity index (χ2n) is 5.67. The standard InChI is InChI=1S/C17H17ClN2O5S/c1-11-9-15(16(24-2)10-14(11)18)19-26(22,23)13-5-3-12(4-6-13)20-7-8-25-17(20)21/h3-6,9-10,19H,7-8H2,1-2H3. The molecule has 1 fully saturated rings. The van der Waals surface area contributed by atoms with Crippen molar-refractivity contribution in [1.82, 2.24) is 0 Å². The van der Waals surface area contributed by atoms with Crippen LogP contribution in [0.4, 0.5) is 16.2 Å². The summed E-state index contributed by atoms with van der Waals surface area (Å²) >= 11 is 6.04. The van der Waals surface area contributed by atoms with E-state index in [2.05, 4.69) is 4.72 Å². The van der Waals surface area contributed by atoms with Crippen LogP contribution in [0.1, 0.15) is 5.56 Å². The second-order valence-corrected chi connectivity index (χ2v) is 7.76. The van der Waals surface area contributed by atoms with E-state index in [-0.39, 0.29) is 4.90 Å².